The molecular formula is C24H26ClN3O3. The fourth-order valence-electron chi connectivity index (χ4n) is 4.50. The van der Waals surface area contributed by atoms with Gasteiger partial charge in [0.15, 0.2) is 0 Å². The van der Waals surface area contributed by atoms with Gasteiger partial charge in [0.2, 0.25) is 5.91 Å². The summed E-state index contributed by atoms with van der Waals surface area (Å²) in [4.78, 5) is 39.7. The second kappa shape index (κ2) is 9.10. The molecule has 2 N–H and O–H groups in total. The van der Waals surface area contributed by atoms with Crippen molar-refractivity contribution in [3.63, 3.8) is 0 Å². The minimum absolute atomic E-state index is 0.280. The highest BCUT2D eigenvalue weighted by Crippen LogP contribution is 2.32. The van der Waals surface area contributed by atoms with Gasteiger partial charge in [-0.1, -0.05) is 79.7 Å². The molecule has 2 aromatic carbocycles. The lowest BCUT2D eigenvalue weighted by Crippen LogP contribution is -2.47. The molecule has 0 bridgehead atoms. The van der Waals surface area contributed by atoms with Crippen LogP contribution in [0.1, 0.15) is 55.7 Å². The van der Waals surface area contributed by atoms with Gasteiger partial charge in [0.05, 0.1) is 6.04 Å². The van der Waals surface area contributed by atoms with Crippen molar-refractivity contribution >= 4 is 29.4 Å². The Morgan fingerprint density at radius 2 is 1.58 bits per heavy atom. The first kappa shape index (κ1) is 21.4. The highest BCUT2D eigenvalue weighted by Gasteiger charge is 2.51. The van der Waals surface area contributed by atoms with Crippen LogP contribution >= 0.6 is 11.6 Å². The average Bonchev–Trinajstić information content (AvgIpc) is 2.93. The van der Waals surface area contributed by atoms with E-state index in [1.165, 1.54) is 0 Å². The number of carbonyl (C=O) groups is 3. The number of nitrogens with one attached hydrogen (secondary N) is 2. The van der Waals surface area contributed by atoms with E-state index in [2.05, 4.69) is 10.6 Å². The number of carbonyl (C=O) groups excluding carboxylic acids is 3. The number of urea groups is 1. The Hall–Kier alpha value is -2.86. The number of amides is 4. The Labute approximate surface area is 187 Å². The molecule has 0 aromatic heterocycles. The zero-order valence-electron chi connectivity index (χ0n) is 17.3. The zero-order chi connectivity index (χ0) is 21.8. The molecule has 31 heavy (non-hydrogen) atoms. The standard InChI is InChI=1S/C24H26ClN3O3/c25-19-12-10-18(11-13-19)21(17-8-4-3-5-9-17)26-20(29)16-28-22(30)24(27-23(28)31)14-6-1-2-7-15-24/h3-5,8-13,21H,1-2,6-7,14-16H2,(H,26,29)(H,27,31). The lowest BCUT2D eigenvalue weighted by molar-refractivity contribution is -0.135. The molecule has 1 aliphatic heterocycles. The van der Waals surface area contributed by atoms with E-state index >= 15 is 0 Å². The summed E-state index contributed by atoms with van der Waals surface area (Å²) in [5.74, 6) is -0.671. The van der Waals surface area contributed by atoms with Crippen molar-refractivity contribution < 1.29 is 14.4 Å². The molecule has 0 radical (unpaired) electrons. The van der Waals surface area contributed by atoms with Gasteiger partial charge in [0.1, 0.15) is 12.1 Å². The molecule has 1 aliphatic carbocycles. The van der Waals surface area contributed by atoms with Gasteiger partial charge in [-0.15, -0.1) is 0 Å². The summed E-state index contributed by atoms with van der Waals surface area (Å²) in [6, 6.07) is 15.9. The van der Waals surface area contributed by atoms with Crippen molar-refractivity contribution in [3.05, 3.63) is 70.7 Å². The summed E-state index contributed by atoms with van der Waals surface area (Å²) < 4.78 is 0. The number of hydrogen-bond acceptors (Lipinski definition) is 3. The molecule has 7 heteroatoms. The molecule has 1 heterocycles. The molecule has 1 saturated carbocycles. The molecule has 6 nitrogen and oxygen atoms in total. The fraction of sp³-hybridized carbons (Fsp3) is 0.375. The third-order valence-corrected chi connectivity index (χ3v) is 6.40. The quantitative estimate of drug-likeness (QED) is 0.685. The SMILES string of the molecule is O=C(CN1C(=O)NC2(CCCCCC2)C1=O)NC(c1ccccc1)c1ccc(Cl)cc1. The van der Waals surface area contributed by atoms with Crippen LogP contribution in [0.5, 0.6) is 0 Å². The molecule has 162 valence electrons. The van der Waals surface area contributed by atoms with E-state index in [0.29, 0.717) is 17.9 Å². The van der Waals surface area contributed by atoms with Crippen molar-refractivity contribution in [1.29, 1.82) is 0 Å². The number of rotatable bonds is 5. The number of nitrogens with zero attached hydrogens (tertiary/aromatic N) is 1. The monoisotopic (exact) mass is 439 g/mol. The highest BCUT2D eigenvalue weighted by atomic mass is 35.5. The average molecular weight is 440 g/mol. The maximum Gasteiger partial charge on any atom is 0.325 e. The van der Waals surface area contributed by atoms with Crippen molar-refractivity contribution in [1.82, 2.24) is 15.5 Å². The zero-order valence-corrected chi connectivity index (χ0v) is 18.0. The third-order valence-electron chi connectivity index (χ3n) is 6.15. The van der Waals surface area contributed by atoms with Gasteiger partial charge < -0.3 is 10.6 Å². The van der Waals surface area contributed by atoms with Crippen LogP contribution in [-0.4, -0.2) is 34.8 Å². The Morgan fingerprint density at radius 3 is 2.23 bits per heavy atom. The molecule has 2 fully saturated rings. The first-order chi connectivity index (χ1) is 15.0. The summed E-state index contributed by atoms with van der Waals surface area (Å²) in [5, 5.41) is 6.47. The van der Waals surface area contributed by atoms with E-state index in [9.17, 15) is 14.4 Å². The van der Waals surface area contributed by atoms with Crippen LogP contribution in [-0.2, 0) is 9.59 Å². The van der Waals surface area contributed by atoms with Crippen LogP contribution in [0.15, 0.2) is 54.6 Å². The molecule has 2 aromatic rings. The van der Waals surface area contributed by atoms with Gasteiger partial charge in [0.25, 0.3) is 5.91 Å². The highest BCUT2D eigenvalue weighted by molar-refractivity contribution is 6.30. The maximum absolute atomic E-state index is 13.1. The lowest BCUT2D eigenvalue weighted by Gasteiger charge is -2.25. The van der Waals surface area contributed by atoms with Crippen LogP contribution < -0.4 is 10.6 Å². The van der Waals surface area contributed by atoms with E-state index in [1.54, 1.807) is 12.1 Å². The molecule has 1 spiro atoms. The molecule has 1 unspecified atom stereocenters. The molecule has 1 atom stereocenters. The number of benzene rings is 2. The lowest BCUT2D eigenvalue weighted by atomic mass is 9.90. The van der Waals surface area contributed by atoms with Crippen molar-refractivity contribution in [2.24, 2.45) is 0 Å². The van der Waals surface area contributed by atoms with E-state index in [4.69, 9.17) is 11.6 Å². The van der Waals surface area contributed by atoms with Crippen molar-refractivity contribution in [3.8, 4) is 0 Å². The summed E-state index contributed by atoms with van der Waals surface area (Å²) in [7, 11) is 0. The molecule has 2 aliphatic rings. The van der Waals surface area contributed by atoms with Crippen LogP contribution in [0.2, 0.25) is 5.02 Å². The van der Waals surface area contributed by atoms with E-state index < -0.39 is 23.5 Å². The smallest absolute Gasteiger partial charge is 0.325 e. The second-order valence-corrected chi connectivity index (χ2v) is 8.72. The first-order valence-electron chi connectivity index (χ1n) is 10.7. The van der Waals surface area contributed by atoms with E-state index in [1.807, 2.05) is 42.5 Å². The minimum atomic E-state index is -0.844. The summed E-state index contributed by atoms with van der Waals surface area (Å²) in [6.07, 6.45) is 5.19. The van der Waals surface area contributed by atoms with E-state index in [-0.39, 0.29) is 12.5 Å². The summed E-state index contributed by atoms with van der Waals surface area (Å²) >= 11 is 6.02. The predicted molar refractivity (Wildman–Crippen MR) is 119 cm³/mol. The van der Waals surface area contributed by atoms with Gasteiger partial charge in [-0.25, -0.2) is 4.79 Å². The third kappa shape index (κ3) is 4.59. The summed E-state index contributed by atoms with van der Waals surface area (Å²) in [6.45, 7) is -0.302. The summed E-state index contributed by atoms with van der Waals surface area (Å²) in [5.41, 5.74) is 0.917. The van der Waals surface area contributed by atoms with Crippen LogP contribution in [0.25, 0.3) is 0 Å². The topological polar surface area (TPSA) is 78.5 Å². The van der Waals surface area contributed by atoms with Gasteiger partial charge in [-0.2, -0.15) is 0 Å². The van der Waals surface area contributed by atoms with Gasteiger partial charge >= 0.3 is 6.03 Å². The largest absolute Gasteiger partial charge is 0.344 e. The van der Waals surface area contributed by atoms with E-state index in [0.717, 1.165) is 41.7 Å². The van der Waals surface area contributed by atoms with Crippen molar-refractivity contribution in [2.45, 2.75) is 50.1 Å². The van der Waals surface area contributed by atoms with Gasteiger partial charge in [-0.05, 0) is 36.1 Å². The van der Waals surface area contributed by atoms with Gasteiger partial charge in [-0.3, -0.25) is 14.5 Å². The second-order valence-electron chi connectivity index (χ2n) is 8.28. The van der Waals surface area contributed by atoms with Gasteiger partial charge in [0, 0.05) is 5.02 Å². The minimum Gasteiger partial charge on any atom is -0.344 e. The fourth-order valence-corrected chi connectivity index (χ4v) is 4.63. The van der Waals surface area contributed by atoms with Crippen LogP contribution in [0, 0.1) is 0 Å². The number of hydrogen-bond donors (Lipinski definition) is 2. The number of halogens is 1. The van der Waals surface area contributed by atoms with Crippen LogP contribution in [0.3, 0.4) is 0 Å². The molecular weight excluding hydrogens is 414 g/mol. The molecule has 4 rings (SSSR count). The Bertz CT molecular complexity index is 954. The Balaban J connectivity index is 1.51. The normalized spacial score (nSPS) is 19.1. The Morgan fingerprint density at radius 1 is 0.968 bits per heavy atom. The molecule has 4 amide bonds. The number of imide groups is 1. The molecule has 1 saturated heterocycles. The predicted octanol–water partition coefficient (Wildman–Crippen LogP) is 4.19. The van der Waals surface area contributed by atoms with Crippen LogP contribution in [0.4, 0.5) is 4.79 Å². The first-order valence-corrected chi connectivity index (χ1v) is 11.1. The van der Waals surface area contributed by atoms with Crippen molar-refractivity contribution in [2.75, 3.05) is 6.54 Å². The Kier molecular flexibility index (Phi) is 6.28. The maximum atomic E-state index is 13.1.